The number of likely N-dealkylation sites (tertiary alicyclic amines) is 1. The first-order valence-corrected chi connectivity index (χ1v) is 4.74. The van der Waals surface area contributed by atoms with Gasteiger partial charge in [-0.25, -0.2) is 0 Å². The van der Waals surface area contributed by atoms with Crippen LogP contribution in [0, 0.1) is 0 Å². The predicted molar refractivity (Wildman–Crippen MR) is 50.4 cm³/mol. The van der Waals surface area contributed by atoms with Crippen LogP contribution >= 0.6 is 0 Å². The highest BCUT2D eigenvalue weighted by Gasteiger charge is 2.40. The number of hydrogen-bond acceptors (Lipinski definition) is 4. The molecular weight excluding hydrogens is 184 g/mol. The molecule has 2 unspecified atom stereocenters. The summed E-state index contributed by atoms with van der Waals surface area (Å²) in [7, 11) is 1.35. The van der Waals surface area contributed by atoms with E-state index in [0.29, 0.717) is 6.42 Å². The van der Waals surface area contributed by atoms with Gasteiger partial charge in [0.15, 0.2) is 0 Å². The second kappa shape index (κ2) is 4.41. The fourth-order valence-electron chi connectivity index (χ4n) is 1.76. The predicted octanol–water partition coefficient (Wildman–Crippen LogP) is -0.502. The van der Waals surface area contributed by atoms with Crippen molar-refractivity contribution < 1.29 is 14.3 Å². The lowest BCUT2D eigenvalue weighted by molar-refractivity contribution is -0.152. The number of carbonyl (C=O) groups is 2. The number of methoxy groups -OCH3 is 1. The smallest absolute Gasteiger partial charge is 0.323 e. The maximum atomic E-state index is 11.3. The van der Waals surface area contributed by atoms with Gasteiger partial charge in [0.2, 0.25) is 5.91 Å². The van der Waals surface area contributed by atoms with Crippen molar-refractivity contribution in [2.24, 2.45) is 5.73 Å². The molecule has 0 radical (unpaired) electrons. The lowest BCUT2D eigenvalue weighted by Crippen LogP contribution is -2.60. The van der Waals surface area contributed by atoms with Gasteiger partial charge in [0, 0.05) is 6.54 Å². The quantitative estimate of drug-likeness (QED) is 0.621. The summed E-state index contributed by atoms with van der Waals surface area (Å²) in [4.78, 5) is 24.1. The summed E-state index contributed by atoms with van der Waals surface area (Å²) in [5, 5.41) is 0. The summed E-state index contributed by atoms with van der Waals surface area (Å²) < 4.78 is 4.66. The van der Waals surface area contributed by atoms with Crippen LogP contribution in [0.3, 0.4) is 0 Å². The highest BCUT2D eigenvalue weighted by molar-refractivity contribution is 5.83. The van der Waals surface area contributed by atoms with Crippen molar-refractivity contribution in [2.75, 3.05) is 13.7 Å². The molecule has 0 saturated carbocycles. The molecule has 1 fully saturated rings. The van der Waals surface area contributed by atoms with Crippen molar-refractivity contribution in [1.82, 2.24) is 4.90 Å². The Morgan fingerprint density at radius 3 is 2.57 bits per heavy atom. The van der Waals surface area contributed by atoms with Crippen LogP contribution < -0.4 is 5.73 Å². The lowest BCUT2D eigenvalue weighted by atomic mass is 9.98. The van der Waals surface area contributed by atoms with E-state index in [0.717, 1.165) is 13.0 Å². The Hall–Kier alpha value is -1.10. The average Bonchev–Trinajstić information content (AvgIpc) is 2.09. The van der Waals surface area contributed by atoms with E-state index in [1.807, 2.05) is 6.92 Å². The summed E-state index contributed by atoms with van der Waals surface area (Å²) in [5.41, 5.74) is 5.19. The first-order valence-electron chi connectivity index (χ1n) is 4.74. The van der Waals surface area contributed by atoms with Crippen LogP contribution in [0.5, 0.6) is 0 Å². The highest BCUT2D eigenvalue weighted by atomic mass is 16.5. The molecule has 2 atom stereocenters. The van der Waals surface area contributed by atoms with Crippen molar-refractivity contribution in [1.29, 1.82) is 0 Å². The fraction of sp³-hybridized carbons (Fsp3) is 0.778. The molecule has 0 spiro atoms. The second-order valence-corrected chi connectivity index (χ2v) is 3.39. The molecule has 0 bridgehead atoms. The third-order valence-corrected chi connectivity index (χ3v) is 2.65. The number of carbonyl (C=O) groups excluding carboxylic acids is 2. The first kappa shape index (κ1) is 11.0. The van der Waals surface area contributed by atoms with Crippen molar-refractivity contribution in [3.63, 3.8) is 0 Å². The number of nitrogens with zero attached hydrogens (tertiary/aromatic N) is 1. The van der Waals surface area contributed by atoms with Gasteiger partial charge >= 0.3 is 5.97 Å². The lowest BCUT2D eigenvalue weighted by Gasteiger charge is -2.42. The molecule has 5 nitrogen and oxygen atoms in total. The number of esters is 1. The molecule has 0 aliphatic carbocycles. The highest BCUT2D eigenvalue weighted by Crippen LogP contribution is 2.22. The summed E-state index contributed by atoms with van der Waals surface area (Å²) in [6.45, 7) is 2.62. The van der Waals surface area contributed by atoms with Gasteiger partial charge in [-0.2, -0.15) is 0 Å². The number of nitrogens with two attached hydrogens (primary N) is 1. The minimum Gasteiger partial charge on any atom is -0.468 e. The van der Waals surface area contributed by atoms with Gasteiger partial charge < -0.3 is 10.5 Å². The van der Waals surface area contributed by atoms with Crippen LogP contribution in [0.4, 0.5) is 0 Å². The van der Waals surface area contributed by atoms with E-state index in [4.69, 9.17) is 5.73 Å². The number of hydrogen-bond donors (Lipinski definition) is 1. The molecular formula is C9H16N2O3. The summed E-state index contributed by atoms with van der Waals surface area (Å²) in [6, 6.07) is -0.620. The molecule has 1 heterocycles. The van der Waals surface area contributed by atoms with Crippen LogP contribution in [0.1, 0.15) is 19.8 Å². The Labute approximate surface area is 83.2 Å². The van der Waals surface area contributed by atoms with Gasteiger partial charge in [0.1, 0.15) is 6.04 Å². The molecule has 14 heavy (non-hydrogen) atoms. The molecule has 0 aromatic carbocycles. The maximum absolute atomic E-state index is 11.3. The monoisotopic (exact) mass is 200 g/mol. The number of rotatable bonds is 4. The zero-order valence-electron chi connectivity index (χ0n) is 8.53. The van der Waals surface area contributed by atoms with Crippen molar-refractivity contribution in [2.45, 2.75) is 31.8 Å². The summed E-state index contributed by atoms with van der Waals surface area (Å²) in [6.07, 6.45) is 1.37. The van der Waals surface area contributed by atoms with Crippen molar-refractivity contribution in [3.8, 4) is 0 Å². The minimum atomic E-state index is -0.362. The molecule has 0 aromatic heterocycles. The molecule has 2 N–H and O–H groups in total. The molecule has 1 aliphatic heterocycles. The molecule has 80 valence electrons. The molecule has 0 aromatic rings. The van der Waals surface area contributed by atoms with Crippen LogP contribution in [0.15, 0.2) is 0 Å². The number of amides is 1. The van der Waals surface area contributed by atoms with E-state index >= 15 is 0 Å². The van der Waals surface area contributed by atoms with Gasteiger partial charge in [-0.1, -0.05) is 6.92 Å². The number of primary amides is 1. The van der Waals surface area contributed by atoms with Gasteiger partial charge in [-0.3, -0.25) is 14.5 Å². The molecule has 1 amide bonds. The Morgan fingerprint density at radius 2 is 2.29 bits per heavy atom. The van der Waals surface area contributed by atoms with Gasteiger partial charge in [-0.05, 0) is 12.8 Å². The third kappa shape index (κ3) is 1.87. The molecule has 5 heteroatoms. The Balaban J connectivity index is 2.62. The van der Waals surface area contributed by atoms with E-state index in [2.05, 4.69) is 4.74 Å². The summed E-state index contributed by atoms with van der Waals surface area (Å²) in [5.74, 6) is -0.656. The third-order valence-electron chi connectivity index (χ3n) is 2.65. The molecule has 1 saturated heterocycles. The largest absolute Gasteiger partial charge is 0.468 e. The SMILES string of the molecule is CCC(C(=O)OC)N1CCC1C(N)=O. The van der Waals surface area contributed by atoms with Gasteiger partial charge in [0.05, 0.1) is 13.2 Å². The fourth-order valence-corrected chi connectivity index (χ4v) is 1.76. The summed E-state index contributed by atoms with van der Waals surface area (Å²) >= 11 is 0. The first-order chi connectivity index (χ1) is 6.61. The van der Waals surface area contributed by atoms with Crippen LogP contribution in [-0.2, 0) is 14.3 Å². The Bertz CT molecular complexity index is 242. The zero-order chi connectivity index (χ0) is 10.7. The second-order valence-electron chi connectivity index (χ2n) is 3.39. The van der Waals surface area contributed by atoms with E-state index in [1.165, 1.54) is 7.11 Å². The molecule has 1 aliphatic rings. The van der Waals surface area contributed by atoms with Crippen molar-refractivity contribution in [3.05, 3.63) is 0 Å². The van der Waals surface area contributed by atoms with Crippen LogP contribution in [0.2, 0.25) is 0 Å². The standard InChI is InChI=1S/C9H16N2O3/c1-3-6(9(13)14-2)11-5-4-7(11)8(10)12/h6-7H,3-5H2,1-2H3,(H2,10,12). The molecule has 1 rings (SSSR count). The minimum absolute atomic E-state index is 0.293. The van der Waals surface area contributed by atoms with Crippen LogP contribution in [-0.4, -0.2) is 42.5 Å². The average molecular weight is 200 g/mol. The number of ether oxygens (including phenoxy) is 1. The Morgan fingerprint density at radius 1 is 1.64 bits per heavy atom. The topological polar surface area (TPSA) is 72.6 Å². The van der Waals surface area contributed by atoms with E-state index in [9.17, 15) is 9.59 Å². The normalized spacial score (nSPS) is 23.7. The van der Waals surface area contributed by atoms with Gasteiger partial charge in [-0.15, -0.1) is 0 Å². The zero-order valence-corrected chi connectivity index (χ0v) is 8.53. The maximum Gasteiger partial charge on any atom is 0.323 e. The van der Waals surface area contributed by atoms with Crippen LogP contribution in [0.25, 0.3) is 0 Å². The van der Waals surface area contributed by atoms with Crippen molar-refractivity contribution >= 4 is 11.9 Å². The van der Waals surface area contributed by atoms with E-state index < -0.39 is 0 Å². The van der Waals surface area contributed by atoms with E-state index in [-0.39, 0.29) is 24.0 Å². The van der Waals surface area contributed by atoms with E-state index in [1.54, 1.807) is 4.90 Å². The Kier molecular flexibility index (Phi) is 3.46. The van der Waals surface area contributed by atoms with Gasteiger partial charge in [0.25, 0.3) is 0 Å².